The molecule has 0 unspecified atom stereocenters. The predicted molar refractivity (Wildman–Crippen MR) is 98.4 cm³/mol. The molecule has 1 N–H and O–H groups in total. The fourth-order valence-corrected chi connectivity index (χ4v) is 2.59. The Morgan fingerprint density at radius 2 is 1.60 bits per heavy atom. The van der Waals surface area contributed by atoms with Gasteiger partial charge in [-0.05, 0) is 31.5 Å². The SMILES string of the molecule is Cc1ccc(CNC(=O)C2=NN(c3ccc(C)cc3)C(=O)CC2)cc1. The maximum absolute atomic E-state index is 12.4. The normalized spacial score (nSPS) is 14.2. The molecule has 0 saturated carbocycles. The summed E-state index contributed by atoms with van der Waals surface area (Å²) in [5.74, 6) is -0.330. The Balaban J connectivity index is 1.70. The number of anilines is 1. The lowest BCUT2D eigenvalue weighted by atomic mass is 10.1. The van der Waals surface area contributed by atoms with Gasteiger partial charge < -0.3 is 5.32 Å². The number of rotatable bonds is 4. The molecule has 5 nitrogen and oxygen atoms in total. The van der Waals surface area contributed by atoms with Gasteiger partial charge in [0.15, 0.2) is 0 Å². The van der Waals surface area contributed by atoms with Crippen molar-refractivity contribution in [1.82, 2.24) is 5.32 Å². The first kappa shape index (κ1) is 16.9. The fraction of sp³-hybridized carbons (Fsp3) is 0.250. The fourth-order valence-electron chi connectivity index (χ4n) is 2.59. The number of amides is 2. The molecule has 0 saturated heterocycles. The third kappa shape index (κ3) is 4.12. The number of hydrogen-bond acceptors (Lipinski definition) is 3. The van der Waals surface area contributed by atoms with Crippen LogP contribution in [0.4, 0.5) is 5.69 Å². The summed E-state index contributed by atoms with van der Waals surface area (Å²) in [4.78, 5) is 24.5. The Labute approximate surface area is 147 Å². The summed E-state index contributed by atoms with van der Waals surface area (Å²) in [5, 5.41) is 8.48. The molecule has 2 aromatic rings. The van der Waals surface area contributed by atoms with Crippen LogP contribution in [0.2, 0.25) is 0 Å². The van der Waals surface area contributed by atoms with Crippen LogP contribution in [0, 0.1) is 13.8 Å². The molecule has 2 amide bonds. The second-order valence-corrected chi connectivity index (χ2v) is 6.26. The number of carbonyl (C=O) groups excluding carboxylic acids is 2. The van der Waals surface area contributed by atoms with Crippen LogP contribution in [0.25, 0.3) is 0 Å². The van der Waals surface area contributed by atoms with Crippen LogP contribution in [0.1, 0.15) is 29.5 Å². The summed E-state index contributed by atoms with van der Waals surface area (Å²) < 4.78 is 0. The molecule has 1 heterocycles. The van der Waals surface area contributed by atoms with E-state index >= 15 is 0 Å². The van der Waals surface area contributed by atoms with Gasteiger partial charge in [0.25, 0.3) is 5.91 Å². The average Bonchev–Trinajstić information content (AvgIpc) is 2.62. The van der Waals surface area contributed by atoms with Crippen molar-refractivity contribution < 1.29 is 9.59 Å². The second kappa shape index (κ2) is 7.30. The van der Waals surface area contributed by atoms with Crippen molar-refractivity contribution in [2.24, 2.45) is 5.10 Å². The van der Waals surface area contributed by atoms with Gasteiger partial charge in [0, 0.05) is 19.4 Å². The van der Waals surface area contributed by atoms with Crippen molar-refractivity contribution in [2.45, 2.75) is 33.2 Å². The third-order valence-corrected chi connectivity index (χ3v) is 4.15. The van der Waals surface area contributed by atoms with Crippen LogP contribution < -0.4 is 10.3 Å². The zero-order valence-electron chi connectivity index (χ0n) is 14.5. The van der Waals surface area contributed by atoms with E-state index in [1.165, 1.54) is 10.6 Å². The van der Waals surface area contributed by atoms with E-state index in [1.807, 2.05) is 62.4 Å². The molecule has 0 fully saturated rings. The lowest BCUT2D eigenvalue weighted by molar-refractivity contribution is -0.119. The Morgan fingerprint density at radius 1 is 1.00 bits per heavy atom. The van der Waals surface area contributed by atoms with E-state index in [0.717, 1.165) is 11.1 Å². The van der Waals surface area contributed by atoms with Gasteiger partial charge >= 0.3 is 0 Å². The van der Waals surface area contributed by atoms with Gasteiger partial charge in [-0.15, -0.1) is 0 Å². The van der Waals surface area contributed by atoms with E-state index in [2.05, 4.69) is 10.4 Å². The van der Waals surface area contributed by atoms with Gasteiger partial charge in [-0.3, -0.25) is 9.59 Å². The number of nitrogens with one attached hydrogen (secondary N) is 1. The average molecular weight is 335 g/mol. The molecule has 5 heteroatoms. The molecule has 128 valence electrons. The van der Waals surface area contributed by atoms with E-state index in [0.29, 0.717) is 24.4 Å². The van der Waals surface area contributed by atoms with Crippen molar-refractivity contribution >= 4 is 23.2 Å². The van der Waals surface area contributed by atoms with E-state index < -0.39 is 0 Å². The Kier molecular flexibility index (Phi) is 4.93. The molecule has 0 spiro atoms. The summed E-state index contributed by atoms with van der Waals surface area (Å²) in [6.07, 6.45) is 0.644. The summed E-state index contributed by atoms with van der Waals surface area (Å²) >= 11 is 0. The first-order valence-corrected chi connectivity index (χ1v) is 8.34. The Hall–Kier alpha value is -2.95. The van der Waals surface area contributed by atoms with Gasteiger partial charge in [0.05, 0.1) is 5.69 Å². The largest absolute Gasteiger partial charge is 0.347 e. The van der Waals surface area contributed by atoms with Crippen LogP contribution in [-0.2, 0) is 16.1 Å². The monoisotopic (exact) mass is 335 g/mol. The number of hydrazone groups is 1. The minimum atomic E-state index is -0.231. The minimum Gasteiger partial charge on any atom is -0.347 e. The summed E-state index contributed by atoms with van der Waals surface area (Å²) in [5.41, 5.74) is 4.38. The van der Waals surface area contributed by atoms with Gasteiger partial charge in [0.2, 0.25) is 5.91 Å². The highest BCUT2D eigenvalue weighted by Crippen LogP contribution is 2.20. The highest BCUT2D eigenvalue weighted by molar-refractivity contribution is 6.40. The smallest absolute Gasteiger partial charge is 0.267 e. The number of carbonyl (C=O) groups is 2. The van der Waals surface area contributed by atoms with Crippen LogP contribution >= 0.6 is 0 Å². The van der Waals surface area contributed by atoms with Crippen molar-refractivity contribution in [1.29, 1.82) is 0 Å². The number of hydrogen-bond donors (Lipinski definition) is 1. The van der Waals surface area contributed by atoms with Gasteiger partial charge in [0.1, 0.15) is 5.71 Å². The summed E-state index contributed by atoms with van der Waals surface area (Å²) in [6, 6.07) is 15.5. The van der Waals surface area contributed by atoms with E-state index in [9.17, 15) is 9.59 Å². The molecule has 2 aromatic carbocycles. The molecule has 1 aliphatic rings. The summed E-state index contributed by atoms with van der Waals surface area (Å²) in [7, 11) is 0. The maximum Gasteiger partial charge on any atom is 0.267 e. The first-order chi connectivity index (χ1) is 12.0. The molecule has 0 radical (unpaired) electrons. The molecule has 0 aromatic heterocycles. The standard InChI is InChI=1S/C20H21N3O2/c1-14-3-7-16(8-4-14)13-21-20(25)18-11-12-19(24)23(22-18)17-9-5-15(2)6-10-17/h3-10H,11-13H2,1-2H3,(H,21,25). The van der Waals surface area contributed by atoms with Gasteiger partial charge in [-0.1, -0.05) is 47.5 Å². The molecule has 25 heavy (non-hydrogen) atoms. The zero-order chi connectivity index (χ0) is 17.8. The van der Waals surface area contributed by atoms with E-state index in [4.69, 9.17) is 0 Å². The van der Waals surface area contributed by atoms with Crippen molar-refractivity contribution in [3.8, 4) is 0 Å². The van der Waals surface area contributed by atoms with Crippen LogP contribution in [0.3, 0.4) is 0 Å². The topological polar surface area (TPSA) is 61.8 Å². The van der Waals surface area contributed by atoms with Crippen molar-refractivity contribution in [3.05, 3.63) is 65.2 Å². The number of nitrogens with zero attached hydrogens (tertiary/aromatic N) is 2. The Bertz CT molecular complexity index is 808. The van der Waals surface area contributed by atoms with Gasteiger partial charge in [-0.2, -0.15) is 5.10 Å². The Morgan fingerprint density at radius 3 is 2.24 bits per heavy atom. The lowest BCUT2D eigenvalue weighted by Gasteiger charge is -2.23. The quantitative estimate of drug-likeness (QED) is 0.933. The molecule has 0 atom stereocenters. The second-order valence-electron chi connectivity index (χ2n) is 6.26. The molecule has 0 bridgehead atoms. The molecule has 3 rings (SSSR count). The highest BCUT2D eigenvalue weighted by Gasteiger charge is 2.25. The highest BCUT2D eigenvalue weighted by atomic mass is 16.2. The van der Waals surface area contributed by atoms with E-state index in [1.54, 1.807) is 0 Å². The van der Waals surface area contributed by atoms with E-state index in [-0.39, 0.29) is 18.2 Å². The summed E-state index contributed by atoms with van der Waals surface area (Å²) in [6.45, 7) is 4.45. The zero-order valence-corrected chi connectivity index (χ0v) is 14.5. The van der Waals surface area contributed by atoms with Crippen LogP contribution in [0.15, 0.2) is 53.6 Å². The van der Waals surface area contributed by atoms with Crippen molar-refractivity contribution in [2.75, 3.05) is 5.01 Å². The molecule has 0 aliphatic carbocycles. The van der Waals surface area contributed by atoms with Crippen LogP contribution in [-0.4, -0.2) is 17.5 Å². The minimum absolute atomic E-state index is 0.0982. The molecular formula is C20H21N3O2. The lowest BCUT2D eigenvalue weighted by Crippen LogP contribution is -2.38. The molecular weight excluding hydrogens is 314 g/mol. The third-order valence-electron chi connectivity index (χ3n) is 4.15. The molecule has 1 aliphatic heterocycles. The number of benzene rings is 2. The van der Waals surface area contributed by atoms with Crippen LogP contribution in [0.5, 0.6) is 0 Å². The van der Waals surface area contributed by atoms with Crippen molar-refractivity contribution in [3.63, 3.8) is 0 Å². The maximum atomic E-state index is 12.4. The predicted octanol–water partition coefficient (Wildman–Crippen LogP) is 3.10. The first-order valence-electron chi connectivity index (χ1n) is 8.34. The van der Waals surface area contributed by atoms with Gasteiger partial charge in [-0.25, -0.2) is 5.01 Å². The number of aryl methyl sites for hydroxylation is 2.